The highest BCUT2D eigenvalue weighted by atomic mass is 32.1. The molecule has 52 heavy (non-hydrogen) atoms. The second-order valence-corrected chi connectivity index (χ2v) is 14.6. The molecule has 0 aliphatic heterocycles. The molecule has 0 saturated carbocycles. The van der Waals surface area contributed by atoms with Gasteiger partial charge in [-0.15, -0.1) is 11.3 Å². The third kappa shape index (κ3) is 4.46. The minimum atomic E-state index is 1.03. The van der Waals surface area contributed by atoms with E-state index in [2.05, 4.69) is 187 Å². The lowest BCUT2D eigenvalue weighted by Gasteiger charge is -2.11. The number of fused-ring (bicyclic) bond motifs is 10. The van der Waals surface area contributed by atoms with E-state index in [1.54, 1.807) is 0 Å². The highest BCUT2D eigenvalue weighted by molar-refractivity contribution is 7.26. The van der Waals surface area contributed by atoms with Crippen LogP contribution in [0.5, 0.6) is 0 Å². The van der Waals surface area contributed by atoms with Gasteiger partial charge in [0.2, 0.25) is 0 Å². The summed E-state index contributed by atoms with van der Waals surface area (Å²) >= 11 is 1.89. The molecule has 0 bridgehead atoms. The molecule has 3 aromatic heterocycles. The Kier molecular flexibility index (Phi) is 6.46. The van der Waals surface area contributed by atoms with Gasteiger partial charge in [-0.25, -0.2) is 4.98 Å². The van der Waals surface area contributed by atoms with Gasteiger partial charge in [-0.3, -0.25) is 0 Å². The number of thiophene rings is 1. The lowest BCUT2D eigenvalue weighted by Crippen LogP contribution is -1.93. The molecule has 0 fully saturated rings. The lowest BCUT2D eigenvalue weighted by atomic mass is 9.96. The second-order valence-electron chi connectivity index (χ2n) is 13.5. The van der Waals surface area contributed by atoms with Crippen molar-refractivity contribution in [3.63, 3.8) is 0 Å². The molecule has 0 atom stereocenters. The van der Waals surface area contributed by atoms with Crippen LogP contribution in [0, 0.1) is 0 Å². The number of rotatable bonds is 4. The van der Waals surface area contributed by atoms with E-state index in [0.29, 0.717) is 0 Å². The highest BCUT2D eigenvalue weighted by Gasteiger charge is 2.17. The molecule has 242 valence electrons. The maximum atomic E-state index is 5.17. The topological polar surface area (TPSA) is 17.8 Å². The lowest BCUT2D eigenvalue weighted by molar-refractivity contribution is 1.18. The van der Waals surface area contributed by atoms with E-state index < -0.39 is 0 Å². The molecular weight excluding hydrogens is 649 g/mol. The Morgan fingerprint density at radius 2 is 1.00 bits per heavy atom. The maximum absolute atomic E-state index is 5.17. The van der Waals surface area contributed by atoms with Gasteiger partial charge >= 0.3 is 0 Å². The summed E-state index contributed by atoms with van der Waals surface area (Å²) in [5, 5.41) is 8.80. The highest BCUT2D eigenvalue weighted by Crippen LogP contribution is 2.44. The van der Waals surface area contributed by atoms with E-state index in [9.17, 15) is 0 Å². The molecule has 11 rings (SSSR count). The van der Waals surface area contributed by atoms with Gasteiger partial charge in [-0.05, 0) is 70.8 Å². The van der Waals surface area contributed by atoms with E-state index in [0.717, 1.165) is 16.8 Å². The van der Waals surface area contributed by atoms with Crippen molar-refractivity contribution < 1.29 is 0 Å². The largest absolute Gasteiger partial charge is 0.309 e. The van der Waals surface area contributed by atoms with Crippen LogP contribution in [0.25, 0.3) is 103 Å². The van der Waals surface area contributed by atoms with E-state index in [4.69, 9.17) is 4.98 Å². The van der Waals surface area contributed by atoms with E-state index in [-0.39, 0.29) is 0 Å². The number of hydrogen-bond acceptors (Lipinski definition) is 2. The van der Waals surface area contributed by atoms with Crippen molar-refractivity contribution in [2.24, 2.45) is 0 Å². The number of pyridine rings is 1. The molecule has 2 nitrogen and oxygen atoms in total. The summed E-state index contributed by atoms with van der Waals surface area (Å²) in [6.07, 6.45) is 0. The standard InChI is InChI=1S/C49H30N2S/c1-3-12-31(13-4-1)48-41-26-25-39-42-29-34(23-27-46(42)52-49(39)47(41)40-19-7-9-20-43(40)50-48)32-14-11-15-33(28-32)35-22-24-38-37-18-8-10-21-44(37)51(45(38)30-35)36-16-5-2-6-17-36/h1-30H. The maximum Gasteiger partial charge on any atom is 0.0788 e. The van der Waals surface area contributed by atoms with Crippen molar-refractivity contribution in [2.75, 3.05) is 0 Å². The van der Waals surface area contributed by atoms with Crippen LogP contribution in [0.15, 0.2) is 182 Å². The number of hydrogen-bond donors (Lipinski definition) is 0. The Labute approximate surface area is 304 Å². The first kappa shape index (κ1) is 29.2. The van der Waals surface area contributed by atoms with Gasteiger partial charge in [-0.1, -0.05) is 133 Å². The molecule has 0 spiro atoms. The first-order chi connectivity index (χ1) is 25.8. The Hall–Kier alpha value is -6.55. The van der Waals surface area contributed by atoms with Crippen LogP contribution >= 0.6 is 11.3 Å². The molecule has 0 saturated heterocycles. The van der Waals surface area contributed by atoms with Crippen molar-refractivity contribution in [2.45, 2.75) is 0 Å². The SMILES string of the molecule is c1ccc(-c2nc3ccccc3c3c2ccc2c4cc(-c5cccc(-c6ccc7c8ccccc8n(-c8ccccc8)c7c6)c5)ccc4sc23)cc1. The van der Waals surface area contributed by atoms with Gasteiger partial charge < -0.3 is 4.57 Å². The van der Waals surface area contributed by atoms with Crippen LogP contribution in [0.2, 0.25) is 0 Å². The van der Waals surface area contributed by atoms with Gasteiger partial charge in [0.05, 0.1) is 22.2 Å². The second kappa shape index (κ2) is 11.5. The van der Waals surface area contributed by atoms with E-state index in [1.165, 1.54) is 86.1 Å². The zero-order chi connectivity index (χ0) is 34.2. The molecular formula is C49H30N2S. The average molecular weight is 679 g/mol. The first-order valence-electron chi connectivity index (χ1n) is 17.7. The van der Waals surface area contributed by atoms with Gasteiger partial charge in [0.15, 0.2) is 0 Å². The summed E-state index contributed by atoms with van der Waals surface area (Å²) in [5.41, 5.74) is 11.7. The summed E-state index contributed by atoms with van der Waals surface area (Å²) in [6, 6.07) is 66.0. The molecule has 0 N–H and O–H groups in total. The third-order valence-corrected chi connectivity index (χ3v) is 11.8. The summed E-state index contributed by atoms with van der Waals surface area (Å²) in [6.45, 7) is 0. The molecule has 3 heteroatoms. The fourth-order valence-corrected chi connectivity index (χ4v) is 9.39. The summed E-state index contributed by atoms with van der Waals surface area (Å²) in [7, 11) is 0. The Bertz CT molecular complexity index is 3170. The third-order valence-electron chi connectivity index (χ3n) is 10.6. The summed E-state index contributed by atoms with van der Waals surface area (Å²) in [4.78, 5) is 5.17. The Balaban J connectivity index is 1.06. The zero-order valence-electron chi connectivity index (χ0n) is 28.1. The number of benzene rings is 8. The Morgan fingerprint density at radius 3 is 1.85 bits per heavy atom. The van der Waals surface area contributed by atoms with E-state index >= 15 is 0 Å². The Morgan fingerprint density at radius 1 is 0.385 bits per heavy atom. The van der Waals surface area contributed by atoms with Gasteiger partial charge in [-0.2, -0.15) is 0 Å². The van der Waals surface area contributed by atoms with Crippen LogP contribution in [-0.4, -0.2) is 9.55 Å². The number of nitrogens with zero attached hydrogens (tertiary/aromatic N) is 2. The predicted molar refractivity (Wildman–Crippen MR) is 223 cm³/mol. The molecule has 0 radical (unpaired) electrons. The van der Waals surface area contributed by atoms with Crippen molar-refractivity contribution in [3.8, 4) is 39.2 Å². The normalized spacial score (nSPS) is 11.8. The van der Waals surface area contributed by atoms with Crippen LogP contribution < -0.4 is 0 Å². The minimum absolute atomic E-state index is 1.03. The molecule has 11 aromatic rings. The van der Waals surface area contributed by atoms with Gasteiger partial charge in [0.25, 0.3) is 0 Å². The quantitative estimate of drug-likeness (QED) is 0.169. The van der Waals surface area contributed by atoms with Crippen LogP contribution in [0.3, 0.4) is 0 Å². The molecule has 0 amide bonds. The molecule has 0 aliphatic rings. The fraction of sp³-hybridized carbons (Fsp3) is 0. The van der Waals surface area contributed by atoms with Gasteiger partial charge in [0.1, 0.15) is 0 Å². The van der Waals surface area contributed by atoms with Crippen LogP contribution in [0.4, 0.5) is 0 Å². The smallest absolute Gasteiger partial charge is 0.0788 e. The van der Waals surface area contributed by atoms with Crippen molar-refractivity contribution in [1.82, 2.24) is 9.55 Å². The van der Waals surface area contributed by atoms with Crippen LogP contribution in [-0.2, 0) is 0 Å². The predicted octanol–water partition coefficient (Wildman–Crippen LogP) is 13.9. The molecule has 0 aliphatic carbocycles. The summed E-state index contributed by atoms with van der Waals surface area (Å²) in [5.74, 6) is 0. The van der Waals surface area contributed by atoms with Crippen molar-refractivity contribution in [1.29, 1.82) is 0 Å². The number of para-hydroxylation sites is 3. The van der Waals surface area contributed by atoms with Crippen molar-refractivity contribution >= 4 is 75.0 Å². The average Bonchev–Trinajstić information content (AvgIpc) is 3.76. The first-order valence-corrected chi connectivity index (χ1v) is 18.5. The monoisotopic (exact) mass is 678 g/mol. The minimum Gasteiger partial charge on any atom is -0.309 e. The van der Waals surface area contributed by atoms with Crippen molar-refractivity contribution in [3.05, 3.63) is 182 Å². The molecule has 3 heterocycles. The van der Waals surface area contributed by atoms with Crippen LogP contribution in [0.1, 0.15) is 0 Å². The van der Waals surface area contributed by atoms with E-state index in [1.807, 2.05) is 11.3 Å². The van der Waals surface area contributed by atoms with Gasteiger partial charge in [0, 0.05) is 58.4 Å². The zero-order valence-corrected chi connectivity index (χ0v) is 28.9. The molecule has 0 unspecified atom stereocenters. The fourth-order valence-electron chi connectivity index (χ4n) is 8.15. The summed E-state index contributed by atoms with van der Waals surface area (Å²) < 4.78 is 5.00. The molecule has 8 aromatic carbocycles. The number of aromatic nitrogens is 2.